The van der Waals surface area contributed by atoms with E-state index < -0.39 is 20.9 Å². The smallest absolute Gasteiger partial charge is 0.271 e. The van der Waals surface area contributed by atoms with E-state index in [2.05, 4.69) is 10.6 Å². The Bertz CT molecular complexity index is 958. The zero-order valence-corrected chi connectivity index (χ0v) is 16.4. The van der Waals surface area contributed by atoms with Crippen LogP contribution in [-0.4, -0.2) is 43.2 Å². The molecule has 28 heavy (non-hydrogen) atoms. The Kier molecular flexibility index (Phi) is 7.07. The van der Waals surface area contributed by atoms with Crippen LogP contribution in [0.3, 0.4) is 0 Å². The first kappa shape index (κ1) is 21.3. The van der Waals surface area contributed by atoms with Crippen LogP contribution in [-0.2, 0) is 14.8 Å². The molecule has 2 aromatic carbocycles. The van der Waals surface area contributed by atoms with Gasteiger partial charge in [0.1, 0.15) is 0 Å². The molecule has 0 spiro atoms. The molecule has 0 saturated heterocycles. The van der Waals surface area contributed by atoms with Gasteiger partial charge in [-0.2, -0.15) is 4.31 Å². The molecular formula is C18H22N4O5S. The highest BCUT2D eigenvalue weighted by Crippen LogP contribution is 2.20. The Morgan fingerprint density at radius 3 is 2.36 bits per heavy atom. The number of amides is 1. The molecule has 0 aromatic heterocycles. The normalized spacial score (nSPS) is 11.2. The summed E-state index contributed by atoms with van der Waals surface area (Å²) in [6.45, 7) is 4.08. The fourth-order valence-corrected chi connectivity index (χ4v) is 4.07. The molecule has 2 aromatic rings. The third-order valence-corrected chi connectivity index (χ3v) is 6.02. The number of benzene rings is 2. The first-order valence-electron chi connectivity index (χ1n) is 8.66. The van der Waals surface area contributed by atoms with Gasteiger partial charge < -0.3 is 10.6 Å². The molecule has 2 rings (SSSR count). The van der Waals surface area contributed by atoms with Crippen molar-refractivity contribution in [1.29, 1.82) is 0 Å². The summed E-state index contributed by atoms with van der Waals surface area (Å²) >= 11 is 0. The van der Waals surface area contributed by atoms with Crippen molar-refractivity contribution < 1.29 is 18.1 Å². The predicted octanol–water partition coefficient (Wildman–Crippen LogP) is 2.68. The van der Waals surface area contributed by atoms with Crippen molar-refractivity contribution in [3.8, 4) is 0 Å². The summed E-state index contributed by atoms with van der Waals surface area (Å²) in [4.78, 5) is 22.5. The van der Waals surface area contributed by atoms with Crippen molar-refractivity contribution in [1.82, 2.24) is 4.31 Å². The molecule has 0 unspecified atom stereocenters. The molecule has 0 atom stereocenters. The monoisotopic (exact) mass is 406 g/mol. The summed E-state index contributed by atoms with van der Waals surface area (Å²) in [5.74, 6) is -0.413. The second kappa shape index (κ2) is 9.29. The number of carbonyl (C=O) groups excluding carboxylic acids is 1. The van der Waals surface area contributed by atoms with Gasteiger partial charge in [-0.1, -0.05) is 26.0 Å². The van der Waals surface area contributed by atoms with Gasteiger partial charge in [-0.05, 0) is 24.3 Å². The van der Waals surface area contributed by atoms with Crippen molar-refractivity contribution >= 4 is 33.0 Å². The molecule has 0 aliphatic carbocycles. The van der Waals surface area contributed by atoms with Gasteiger partial charge in [0.2, 0.25) is 15.9 Å². The van der Waals surface area contributed by atoms with E-state index >= 15 is 0 Å². The minimum atomic E-state index is -3.63. The quantitative estimate of drug-likeness (QED) is 0.488. The van der Waals surface area contributed by atoms with E-state index in [1.54, 1.807) is 32.0 Å². The van der Waals surface area contributed by atoms with Crippen molar-refractivity contribution in [3.63, 3.8) is 0 Å². The summed E-state index contributed by atoms with van der Waals surface area (Å²) in [6.07, 6.45) is 0. The van der Waals surface area contributed by atoms with Crippen molar-refractivity contribution in [2.24, 2.45) is 0 Å². The van der Waals surface area contributed by atoms with Gasteiger partial charge in [-0.15, -0.1) is 0 Å². The number of nitrogens with zero attached hydrogens (tertiary/aromatic N) is 2. The zero-order chi connectivity index (χ0) is 20.7. The lowest BCUT2D eigenvalue weighted by Gasteiger charge is -2.18. The molecule has 0 aliphatic heterocycles. The lowest BCUT2D eigenvalue weighted by molar-refractivity contribution is -0.384. The Labute approximate surface area is 163 Å². The number of carbonyl (C=O) groups is 1. The lowest BCUT2D eigenvalue weighted by Crippen LogP contribution is -2.30. The van der Waals surface area contributed by atoms with Gasteiger partial charge in [0.05, 0.1) is 16.4 Å². The van der Waals surface area contributed by atoms with E-state index in [0.29, 0.717) is 24.5 Å². The minimum absolute atomic E-state index is 0.0836. The Morgan fingerprint density at radius 1 is 1.07 bits per heavy atom. The maximum Gasteiger partial charge on any atom is 0.271 e. The van der Waals surface area contributed by atoms with Gasteiger partial charge in [0, 0.05) is 36.6 Å². The van der Waals surface area contributed by atoms with Crippen LogP contribution in [0.25, 0.3) is 0 Å². The summed E-state index contributed by atoms with van der Waals surface area (Å²) in [7, 11) is -3.63. The molecule has 0 bridgehead atoms. The van der Waals surface area contributed by atoms with Gasteiger partial charge in [-0.25, -0.2) is 8.42 Å². The number of hydrogen-bond donors (Lipinski definition) is 2. The van der Waals surface area contributed by atoms with E-state index in [-0.39, 0.29) is 17.1 Å². The fraction of sp³-hybridized carbons (Fsp3) is 0.278. The number of sulfonamides is 1. The van der Waals surface area contributed by atoms with E-state index in [1.807, 2.05) is 0 Å². The van der Waals surface area contributed by atoms with Crippen molar-refractivity contribution in [2.45, 2.75) is 18.7 Å². The van der Waals surface area contributed by atoms with Crippen LogP contribution in [0.2, 0.25) is 0 Å². The van der Waals surface area contributed by atoms with Crippen LogP contribution in [0.5, 0.6) is 0 Å². The molecule has 0 aliphatic rings. The van der Waals surface area contributed by atoms with Gasteiger partial charge in [0.15, 0.2) is 0 Å². The summed E-state index contributed by atoms with van der Waals surface area (Å²) < 4.78 is 26.5. The number of non-ortho nitro benzene ring substituents is 1. The van der Waals surface area contributed by atoms with E-state index in [9.17, 15) is 23.3 Å². The average molecular weight is 406 g/mol. The highest BCUT2D eigenvalue weighted by molar-refractivity contribution is 7.89. The second-order valence-corrected chi connectivity index (χ2v) is 7.76. The number of nitro benzene ring substituents is 1. The average Bonchev–Trinajstić information content (AvgIpc) is 2.67. The van der Waals surface area contributed by atoms with E-state index in [4.69, 9.17) is 0 Å². The van der Waals surface area contributed by atoms with Crippen LogP contribution >= 0.6 is 0 Å². The predicted molar refractivity (Wildman–Crippen MR) is 107 cm³/mol. The molecular weight excluding hydrogens is 384 g/mol. The van der Waals surface area contributed by atoms with Gasteiger partial charge >= 0.3 is 0 Å². The Hall–Kier alpha value is -2.98. The third kappa shape index (κ3) is 5.27. The molecule has 9 nitrogen and oxygen atoms in total. The van der Waals surface area contributed by atoms with Crippen molar-refractivity contribution in [2.75, 3.05) is 30.3 Å². The van der Waals surface area contributed by atoms with Crippen LogP contribution in [0, 0.1) is 10.1 Å². The van der Waals surface area contributed by atoms with E-state index in [1.165, 1.54) is 34.6 Å². The largest absolute Gasteiger partial charge is 0.376 e. The third-order valence-electron chi connectivity index (χ3n) is 3.97. The summed E-state index contributed by atoms with van der Waals surface area (Å²) in [5.41, 5.74) is 0.695. The highest BCUT2D eigenvalue weighted by atomic mass is 32.2. The topological polar surface area (TPSA) is 122 Å². The van der Waals surface area contributed by atoms with Crippen LogP contribution in [0.1, 0.15) is 13.8 Å². The number of anilines is 2. The van der Waals surface area contributed by atoms with Gasteiger partial charge in [0.25, 0.3) is 5.69 Å². The summed E-state index contributed by atoms with van der Waals surface area (Å²) in [5, 5.41) is 16.2. The molecule has 0 fully saturated rings. The molecule has 0 radical (unpaired) electrons. The van der Waals surface area contributed by atoms with Crippen LogP contribution < -0.4 is 10.6 Å². The van der Waals surface area contributed by atoms with Gasteiger partial charge in [-0.3, -0.25) is 14.9 Å². The zero-order valence-electron chi connectivity index (χ0n) is 15.6. The number of nitrogens with one attached hydrogen (secondary N) is 2. The van der Waals surface area contributed by atoms with E-state index in [0.717, 1.165) is 0 Å². The standard InChI is InChI=1S/C18H22N4O5S/c1-3-21(4-2)28(26,27)17-10-6-8-15(12-17)20-18(23)13-19-14-7-5-9-16(11-14)22(24)25/h5-12,19H,3-4,13H2,1-2H3,(H,20,23). The number of nitro groups is 1. The van der Waals surface area contributed by atoms with Crippen LogP contribution in [0.15, 0.2) is 53.4 Å². The SMILES string of the molecule is CCN(CC)S(=O)(=O)c1cccc(NC(=O)CNc2cccc([N+](=O)[O-])c2)c1. The fourth-order valence-electron chi connectivity index (χ4n) is 2.56. The second-order valence-electron chi connectivity index (χ2n) is 5.83. The molecule has 1 amide bonds. The lowest BCUT2D eigenvalue weighted by atomic mass is 10.3. The van der Waals surface area contributed by atoms with Crippen LogP contribution in [0.4, 0.5) is 17.1 Å². The molecule has 10 heteroatoms. The Morgan fingerprint density at radius 2 is 1.71 bits per heavy atom. The minimum Gasteiger partial charge on any atom is -0.376 e. The molecule has 0 heterocycles. The first-order chi connectivity index (χ1) is 13.3. The maximum absolute atomic E-state index is 12.6. The number of hydrogen-bond acceptors (Lipinski definition) is 6. The van der Waals surface area contributed by atoms with Crippen molar-refractivity contribution in [3.05, 3.63) is 58.6 Å². The molecule has 2 N–H and O–H groups in total. The molecule has 0 saturated carbocycles. The molecule has 150 valence electrons. The highest BCUT2D eigenvalue weighted by Gasteiger charge is 2.21. The Balaban J connectivity index is 2.05. The maximum atomic E-state index is 12.6. The first-order valence-corrected chi connectivity index (χ1v) is 10.1. The number of rotatable bonds is 9. The summed E-state index contributed by atoms with van der Waals surface area (Å²) in [6, 6.07) is 11.8.